The van der Waals surface area contributed by atoms with Crippen LogP contribution in [0.2, 0.25) is 0 Å². The molecule has 17 heavy (non-hydrogen) atoms. The van der Waals surface area contributed by atoms with E-state index >= 15 is 0 Å². The molecule has 0 bridgehead atoms. The van der Waals surface area contributed by atoms with Crippen molar-refractivity contribution in [2.45, 2.75) is 20.5 Å². The maximum atomic E-state index is 5.76. The Balaban J connectivity index is 1.95. The molecule has 0 radical (unpaired) electrons. The number of hydrogen-bond acceptors (Lipinski definition) is 4. The van der Waals surface area contributed by atoms with Crippen LogP contribution < -0.4 is 10.1 Å². The summed E-state index contributed by atoms with van der Waals surface area (Å²) in [6, 6.07) is 8.03. The number of nitrogens with one attached hydrogen (secondary N) is 1. The molecular formula is C13H16N2OS. The van der Waals surface area contributed by atoms with Gasteiger partial charge in [-0.2, -0.15) is 0 Å². The number of hydrogen-bond donors (Lipinski definition) is 1. The summed E-state index contributed by atoms with van der Waals surface area (Å²) in [6.45, 7) is 5.58. The molecule has 4 heteroatoms. The van der Waals surface area contributed by atoms with Crippen LogP contribution in [0, 0.1) is 6.92 Å². The number of para-hydroxylation sites is 1. The fraction of sp³-hybridized carbons (Fsp3) is 0.308. The normalized spacial score (nSPS) is 10.2. The van der Waals surface area contributed by atoms with Gasteiger partial charge in [-0.05, 0) is 25.5 Å². The molecule has 0 atom stereocenters. The third-order valence-corrected chi connectivity index (χ3v) is 3.27. The van der Waals surface area contributed by atoms with Crippen molar-refractivity contribution >= 4 is 16.5 Å². The van der Waals surface area contributed by atoms with E-state index in [4.69, 9.17) is 4.74 Å². The molecule has 1 heterocycles. The molecule has 2 aromatic rings. The Morgan fingerprint density at radius 3 is 2.94 bits per heavy atom. The van der Waals surface area contributed by atoms with Gasteiger partial charge in [0.05, 0.1) is 4.88 Å². The van der Waals surface area contributed by atoms with E-state index in [1.807, 2.05) is 37.4 Å². The van der Waals surface area contributed by atoms with E-state index in [1.54, 1.807) is 11.3 Å². The van der Waals surface area contributed by atoms with Crippen LogP contribution in [0.5, 0.6) is 5.75 Å². The number of thiazole rings is 1. The van der Waals surface area contributed by atoms with Crippen LogP contribution in [0.15, 0.2) is 30.5 Å². The van der Waals surface area contributed by atoms with Crippen molar-refractivity contribution in [3.05, 3.63) is 40.9 Å². The highest BCUT2D eigenvalue weighted by molar-refractivity contribution is 7.15. The largest absolute Gasteiger partial charge is 0.488 e. The van der Waals surface area contributed by atoms with E-state index in [9.17, 15) is 0 Å². The van der Waals surface area contributed by atoms with Crippen molar-refractivity contribution in [3.63, 3.8) is 0 Å². The first kappa shape index (κ1) is 11.9. The number of anilines is 1. The Bertz CT molecular complexity index is 482. The van der Waals surface area contributed by atoms with E-state index in [-0.39, 0.29) is 0 Å². The van der Waals surface area contributed by atoms with Crippen molar-refractivity contribution < 1.29 is 4.74 Å². The Hall–Kier alpha value is -1.55. The first-order valence-corrected chi connectivity index (χ1v) is 6.48. The summed E-state index contributed by atoms with van der Waals surface area (Å²) in [5.74, 6) is 0.936. The Kier molecular flexibility index (Phi) is 3.98. The van der Waals surface area contributed by atoms with Gasteiger partial charge >= 0.3 is 0 Å². The van der Waals surface area contributed by atoms with Crippen LogP contribution in [-0.2, 0) is 6.61 Å². The first-order valence-electron chi connectivity index (χ1n) is 5.66. The second-order valence-corrected chi connectivity index (χ2v) is 4.83. The summed E-state index contributed by atoms with van der Waals surface area (Å²) in [4.78, 5) is 5.40. The molecule has 0 amide bonds. The van der Waals surface area contributed by atoms with Crippen LogP contribution in [0.25, 0.3) is 0 Å². The summed E-state index contributed by atoms with van der Waals surface area (Å²) in [7, 11) is 0. The lowest BCUT2D eigenvalue weighted by Gasteiger charge is -2.06. The highest BCUT2D eigenvalue weighted by atomic mass is 32.1. The summed E-state index contributed by atoms with van der Waals surface area (Å²) in [5.41, 5.74) is 1.16. The molecule has 0 aliphatic rings. The van der Waals surface area contributed by atoms with Gasteiger partial charge in [0.2, 0.25) is 0 Å². The minimum absolute atomic E-state index is 0.577. The Labute approximate surface area is 105 Å². The molecule has 0 spiro atoms. The number of nitrogens with zero attached hydrogens (tertiary/aromatic N) is 1. The molecule has 2 rings (SSSR count). The van der Waals surface area contributed by atoms with Gasteiger partial charge in [0.1, 0.15) is 12.4 Å². The quantitative estimate of drug-likeness (QED) is 0.879. The smallest absolute Gasteiger partial charge is 0.182 e. The average Bonchev–Trinajstić information content (AvgIpc) is 2.76. The van der Waals surface area contributed by atoms with Crippen molar-refractivity contribution in [3.8, 4) is 5.75 Å². The van der Waals surface area contributed by atoms with E-state index in [2.05, 4.69) is 17.2 Å². The average molecular weight is 248 g/mol. The van der Waals surface area contributed by atoms with Crippen LogP contribution >= 0.6 is 11.3 Å². The van der Waals surface area contributed by atoms with Crippen molar-refractivity contribution in [1.82, 2.24) is 4.98 Å². The second-order valence-electron chi connectivity index (χ2n) is 3.72. The van der Waals surface area contributed by atoms with E-state index in [0.29, 0.717) is 6.61 Å². The molecule has 1 aromatic carbocycles. The molecule has 1 N–H and O–H groups in total. The number of benzene rings is 1. The predicted molar refractivity (Wildman–Crippen MR) is 71.8 cm³/mol. The number of aromatic nitrogens is 1. The third-order valence-electron chi connectivity index (χ3n) is 2.35. The molecule has 0 unspecified atom stereocenters. The molecule has 1 aromatic heterocycles. The molecule has 0 fully saturated rings. The van der Waals surface area contributed by atoms with Crippen LogP contribution in [0.1, 0.15) is 17.4 Å². The zero-order valence-electron chi connectivity index (χ0n) is 10.1. The van der Waals surface area contributed by atoms with Gasteiger partial charge in [0.15, 0.2) is 5.13 Å². The zero-order valence-corrected chi connectivity index (χ0v) is 10.9. The fourth-order valence-corrected chi connectivity index (χ4v) is 2.27. The molecule has 3 nitrogen and oxygen atoms in total. The monoisotopic (exact) mass is 248 g/mol. The minimum Gasteiger partial charge on any atom is -0.488 e. The molecule has 90 valence electrons. The molecule has 0 saturated carbocycles. The van der Waals surface area contributed by atoms with Crippen LogP contribution in [0.3, 0.4) is 0 Å². The van der Waals surface area contributed by atoms with Gasteiger partial charge in [-0.3, -0.25) is 0 Å². The lowest BCUT2D eigenvalue weighted by Crippen LogP contribution is -1.94. The highest BCUT2D eigenvalue weighted by Gasteiger charge is 2.03. The zero-order chi connectivity index (χ0) is 12.1. The standard InChI is InChI=1S/C13H16N2OS/c1-3-14-13-15-8-11(17-13)9-16-12-7-5-4-6-10(12)2/h4-8H,3,9H2,1-2H3,(H,14,15). The number of aryl methyl sites for hydroxylation is 1. The van der Waals surface area contributed by atoms with Crippen molar-refractivity contribution in [2.75, 3.05) is 11.9 Å². The summed E-state index contributed by atoms with van der Waals surface area (Å²) < 4.78 is 5.76. The second kappa shape index (κ2) is 5.68. The molecule has 0 aliphatic heterocycles. The maximum absolute atomic E-state index is 5.76. The predicted octanol–water partition coefficient (Wildman–Crippen LogP) is 3.46. The Morgan fingerprint density at radius 2 is 2.18 bits per heavy atom. The highest BCUT2D eigenvalue weighted by Crippen LogP contribution is 2.22. The Morgan fingerprint density at radius 1 is 1.35 bits per heavy atom. The third kappa shape index (κ3) is 3.20. The minimum atomic E-state index is 0.577. The van der Waals surface area contributed by atoms with Gasteiger partial charge in [-0.25, -0.2) is 4.98 Å². The van der Waals surface area contributed by atoms with E-state index < -0.39 is 0 Å². The first-order chi connectivity index (χ1) is 8.29. The lowest BCUT2D eigenvalue weighted by atomic mass is 10.2. The van der Waals surface area contributed by atoms with E-state index in [1.165, 1.54) is 0 Å². The number of rotatable bonds is 5. The molecular weight excluding hydrogens is 232 g/mol. The maximum Gasteiger partial charge on any atom is 0.182 e. The lowest BCUT2D eigenvalue weighted by molar-refractivity contribution is 0.307. The van der Waals surface area contributed by atoms with Gasteiger partial charge in [-0.1, -0.05) is 29.5 Å². The van der Waals surface area contributed by atoms with Crippen LogP contribution in [0.4, 0.5) is 5.13 Å². The molecule has 0 saturated heterocycles. The number of ether oxygens (including phenoxy) is 1. The van der Waals surface area contributed by atoms with Gasteiger partial charge in [-0.15, -0.1) is 0 Å². The SMILES string of the molecule is CCNc1ncc(COc2ccccc2C)s1. The van der Waals surface area contributed by atoms with Crippen LogP contribution in [-0.4, -0.2) is 11.5 Å². The van der Waals surface area contributed by atoms with E-state index in [0.717, 1.165) is 27.9 Å². The summed E-state index contributed by atoms with van der Waals surface area (Å²) in [5, 5.41) is 4.14. The van der Waals surface area contributed by atoms with Gasteiger partial charge in [0, 0.05) is 12.7 Å². The van der Waals surface area contributed by atoms with Crippen molar-refractivity contribution in [1.29, 1.82) is 0 Å². The summed E-state index contributed by atoms with van der Waals surface area (Å²) in [6.07, 6.45) is 1.86. The van der Waals surface area contributed by atoms with Gasteiger partial charge in [0.25, 0.3) is 0 Å². The topological polar surface area (TPSA) is 34.2 Å². The summed E-state index contributed by atoms with van der Waals surface area (Å²) >= 11 is 1.64. The fourth-order valence-electron chi connectivity index (χ4n) is 1.47. The molecule has 0 aliphatic carbocycles. The van der Waals surface area contributed by atoms with Gasteiger partial charge < -0.3 is 10.1 Å². The van der Waals surface area contributed by atoms with Crippen molar-refractivity contribution in [2.24, 2.45) is 0 Å².